The maximum absolute atomic E-state index is 13.2. The number of carbonyl (C=O) groups is 1. The van der Waals surface area contributed by atoms with Gasteiger partial charge in [0.2, 0.25) is 0 Å². The summed E-state index contributed by atoms with van der Waals surface area (Å²) in [6.07, 6.45) is 0.330. The molecule has 0 saturated carbocycles. The Kier molecular flexibility index (Phi) is 8.06. The second-order valence-electron chi connectivity index (χ2n) is 9.53. The summed E-state index contributed by atoms with van der Waals surface area (Å²) in [5, 5.41) is 5.98. The molecular weight excluding hydrogens is 551 g/mol. The highest BCUT2D eigenvalue weighted by Gasteiger charge is 2.31. The Bertz CT molecular complexity index is 1540. The van der Waals surface area contributed by atoms with E-state index in [4.69, 9.17) is 49.3 Å². The van der Waals surface area contributed by atoms with Crippen LogP contribution in [0, 0.1) is 0 Å². The predicted molar refractivity (Wildman–Crippen MR) is 149 cm³/mol. The zero-order valence-electron chi connectivity index (χ0n) is 21.6. The van der Waals surface area contributed by atoms with Gasteiger partial charge in [-0.15, -0.1) is 0 Å². The summed E-state index contributed by atoms with van der Waals surface area (Å²) in [6.45, 7) is 9.20. The summed E-state index contributed by atoms with van der Waals surface area (Å²) < 4.78 is 12.4. The van der Waals surface area contributed by atoms with Crippen LogP contribution in [0.4, 0.5) is 0 Å². The van der Waals surface area contributed by atoms with Crippen molar-refractivity contribution in [2.75, 3.05) is 6.61 Å². The number of nitrogens with zero attached hydrogens (tertiary/aromatic N) is 3. The number of halogens is 3. The molecule has 0 aliphatic rings. The van der Waals surface area contributed by atoms with E-state index in [1.807, 2.05) is 26.0 Å². The standard InChI is InChI=1S/C27H27Cl3N4O4/c1-6-37-26(36)27(4,5)38-17-9-7-15(8-10-17)11-20-31-24-21(25(35)32-20)22(14(2)3)33-34(24)23-18(29)12-16(28)13-19(23)30/h7-10,12-14H,6,11H2,1-5H3,(H,31,32,35). The van der Waals surface area contributed by atoms with Crippen molar-refractivity contribution < 1.29 is 14.3 Å². The normalized spacial score (nSPS) is 11.8. The Balaban J connectivity index is 1.71. The third kappa shape index (κ3) is 5.67. The first kappa shape index (κ1) is 28.0. The number of aromatic nitrogens is 4. The maximum atomic E-state index is 13.2. The number of aromatic amines is 1. The zero-order chi connectivity index (χ0) is 27.8. The Morgan fingerprint density at radius 1 is 1.11 bits per heavy atom. The first-order valence-corrected chi connectivity index (χ1v) is 13.2. The number of rotatable bonds is 8. The first-order chi connectivity index (χ1) is 17.9. The van der Waals surface area contributed by atoms with Crippen molar-refractivity contribution in [3.63, 3.8) is 0 Å². The molecule has 200 valence electrons. The van der Waals surface area contributed by atoms with Crippen molar-refractivity contribution in [1.29, 1.82) is 0 Å². The van der Waals surface area contributed by atoms with Crippen LogP contribution in [0.2, 0.25) is 15.1 Å². The van der Waals surface area contributed by atoms with Crippen molar-refractivity contribution in [2.45, 2.75) is 52.6 Å². The number of hydrogen-bond donors (Lipinski definition) is 1. The Labute approximate surface area is 234 Å². The van der Waals surface area contributed by atoms with Crippen molar-refractivity contribution in [3.05, 3.63) is 78.9 Å². The van der Waals surface area contributed by atoms with Gasteiger partial charge in [0.25, 0.3) is 5.56 Å². The van der Waals surface area contributed by atoms with E-state index in [2.05, 4.69) is 10.1 Å². The second-order valence-corrected chi connectivity index (χ2v) is 10.8. The lowest BCUT2D eigenvalue weighted by Crippen LogP contribution is -2.39. The zero-order valence-corrected chi connectivity index (χ0v) is 23.8. The van der Waals surface area contributed by atoms with E-state index in [0.717, 1.165) is 5.56 Å². The highest BCUT2D eigenvalue weighted by molar-refractivity contribution is 6.40. The van der Waals surface area contributed by atoms with Crippen LogP contribution in [0.1, 0.15) is 57.6 Å². The van der Waals surface area contributed by atoms with Crippen LogP contribution in [-0.2, 0) is 16.0 Å². The van der Waals surface area contributed by atoms with Gasteiger partial charge < -0.3 is 14.5 Å². The van der Waals surface area contributed by atoms with E-state index in [1.165, 1.54) is 4.68 Å². The molecule has 2 aromatic heterocycles. The molecular formula is C27H27Cl3N4O4. The van der Waals surface area contributed by atoms with Crippen LogP contribution in [0.3, 0.4) is 0 Å². The highest BCUT2D eigenvalue weighted by Crippen LogP contribution is 2.34. The van der Waals surface area contributed by atoms with Crippen LogP contribution in [0.5, 0.6) is 5.75 Å². The molecule has 0 aliphatic carbocycles. The monoisotopic (exact) mass is 576 g/mol. The minimum Gasteiger partial charge on any atom is -0.476 e. The van der Waals surface area contributed by atoms with Gasteiger partial charge >= 0.3 is 5.97 Å². The molecule has 4 rings (SSSR count). The average Bonchev–Trinajstić information content (AvgIpc) is 3.20. The number of carbonyl (C=O) groups excluding carboxylic acids is 1. The molecule has 0 fully saturated rings. The number of benzene rings is 2. The largest absolute Gasteiger partial charge is 0.476 e. The Hall–Kier alpha value is -3.07. The van der Waals surface area contributed by atoms with Crippen molar-refractivity contribution >= 4 is 51.8 Å². The molecule has 0 unspecified atom stereocenters. The highest BCUT2D eigenvalue weighted by atomic mass is 35.5. The number of esters is 1. The lowest BCUT2D eigenvalue weighted by molar-refractivity contribution is -0.158. The van der Waals surface area contributed by atoms with Crippen molar-refractivity contribution in [3.8, 4) is 11.4 Å². The molecule has 0 bridgehead atoms. The molecule has 0 amide bonds. The van der Waals surface area contributed by atoms with Gasteiger partial charge in [0.1, 0.15) is 22.6 Å². The summed E-state index contributed by atoms with van der Waals surface area (Å²) in [4.78, 5) is 33.0. The molecule has 0 aliphatic heterocycles. The lowest BCUT2D eigenvalue weighted by Gasteiger charge is -2.24. The number of nitrogens with one attached hydrogen (secondary N) is 1. The van der Waals surface area contributed by atoms with Crippen LogP contribution in [-0.4, -0.2) is 37.9 Å². The van der Waals surface area contributed by atoms with Crippen molar-refractivity contribution in [1.82, 2.24) is 19.7 Å². The fourth-order valence-electron chi connectivity index (χ4n) is 3.99. The molecule has 8 nitrogen and oxygen atoms in total. The van der Waals surface area contributed by atoms with E-state index in [1.54, 1.807) is 45.0 Å². The second kappa shape index (κ2) is 11.0. The quantitative estimate of drug-likeness (QED) is 0.240. The number of ether oxygens (including phenoxy) is 2. The number of fused-ring (bicyclic) bond motifs is 1. The van der Waals surface area contributed by atoms with Gasteiger partial charge in [-0.2, -0.15) is 5.10 Å². The molecule has 0 atom stereocenters. The van der Waals surface area contributed by atoms with Crippen LogP contribution in [0.15, 0.2) is 41.2 Å². The summed E-state index contributed by atoms with van der Waals surface area (Å²) in [6, 6.07) is 10.3. The smallest absolute Gasteiger partial charge is 0.349 e. The fourth-order valence-corrected chi connectivity index (χ4v) is 4.96. The summed E-state index contributed by atoms with van der Waals surface area (Å²) in [5.41, 5.74) is 0.738. The minimum atomic E-state index is -1.13. The molecule has 0 saturated heterocycles. The van der Waals surface area contributed by atoms with E-state index < -0.39 is 11.6 Å². The summed E-state index contributed by atoms with van der Waals surface area (Å²) >= 11 is 19.1. The molecule has 11 heteroatoms. The molecule has 1 N–H and O–H groups in total. The molecule has 38 heavy (non-hydrogen) atoms. The third-order valence-electron chi connectivity index (χ3n) is 5.79. The van der Waals surface area contributed by atoms with E-state index in [-0.39, 0.29) is 28.1 Å². The van der Waals surface area contributed by atoms with Crippen LogP contribution in [0.25, 0.3) is 16.7 Å². The van der Waals surface area contributed by atoms with Crippen LogP contribution < -0.4 is 10.3 Å². The minimum absolute atomic E-state index is 0.0521. The van der Waals surface area contributed by atoms with Gasteiger partial charge in [-0.05, 0) is 56.5 Å². The van der Waals surface area contributed by atoms with E-state index in [0.29, 0.717) is 45.4 Å². The van der Waals surface area contributed by atoms with E-state index >= 15 is 0 Å². The molecule has 2 heterocycles. The summed E-state index contributed by atoms with van der Waals surface area (Å²) in [7, 11) is 0. The van der Waals surface area contributed by atoms with Gasteiger partial charge in [0.15, 0.2) is 11.2 Å². The number of H-pyrrole nitrogens is 1. The molecule has 2 aromatic carbocycles. The van der Waals surface area contributed by atoms with Gasteiger partial charge in [-0.3, -0.25) is 4.79 Å². The van der Waals surface area contributed by atoms with E-state index in [9.17, 15) is 9.59 Å². The molecule has 0 spiro atoms. The lowest BCUT2D eigenvalue weighted by atomic mass is 10.1. The predicted octanol–water partition coefficient (Wildman–Crippen LogP) is 6.50. The van der Waals surface area contributed by atoms with Gasteiger partial charge in [0, 0.05) is 11.4 Å². The SMILES string of the molecule is CCOC(=O)C(C)(C)Oc1ccc(Cc2nc3c(c(C(C)C)nn3-c3c(Cl)cc(Cl)cc3Cl)c(=O)[nH]2)cc1. The van der Waals surface area contributed by atoms with Crippen LogP contribution >= 0.6 is 34.8 Å². The maximum Gasteiger partial charge on any atom is 0.349 e. The molecule has 0 radical (unpaired) electrons. The van der Waals surface area contributed by atoms with Gasteiger partial charge in [0.05, 0.1) is 22.3 Å². The average molecular weight is 578 g/mol. The van der Waals surface area contributed by atoms with Gasteiger partial charge in [-0.25, -0.2) is 14.5 Å². The Morgan fingerprint density at radius 3 is 2.32 bits per heavy atom. The third-order valence-corrected chi connectivity index (χ3v) is 6.58. The first-order valence-electron chi connectivity index (χ1n) is 12.0. The van der Waals surface area contributed by atoms with Crippen molar-refractivity contribution in [2.24, 2.45) is 0 Å². The topological polar surface area (TPSA) is 99.1 Å². The summed E-state index contributed by atoms with van der Waals surface area (Å²) in [5.74, 6) is 0.442. The Morgan fingerprint density at radius 2 is 1.74 bits per heavy atom. The molecule has 4 aromatic rings. The number of hydrogen-bond acceptors (Lipinski definition) is 6. The van der Waals surface area contributed by atoms with Gasteiger partial charge in [-0.1, -0.05) is 60.8 Å². The fraction of sp³-hybridized carbons (Fsp3) is 0.333.